The average Bonchev–Trinajstić information content (AvgIpc) is 3.13. The van der Waals surface area contributed by atoms with Gasteiger partial charge in [-0.1, -0.05) is 30.3 Å². The molecule has 0 bridgehead atoms. The van der Waals surface area contributed by atoms with Crippen molar-refractivity contribution in [3.8, 4) is 0 Å². The molecule has 3 aromatic rings. The number of carbonyl (C=O) groups excluding carboxylic acids is 3. The second-order valence-electron chi connectivity index (χ2n) is 6.68. The Morgan fingerprint density at radius 3 is 2.31 bits per heavy atom. The van der Waals surface area contributed by atoms with Crippen LogP contribution in [0.2, 0.25) is 0 Å². The topological polar surface area (TPSA) is 93.1 Å². The van der Waals surface area contributed by atoms with E-state index in [-0.39, 0.29) is 24.0 Å². The van der Waals surface area contributed by atoms with Crippen LogP contribution in [0.15, 0.2) is 67.0 Å². The lowest BCUT2D eigenvalue weighted by atomic mass is 10.0. The van der Waals surface area contributed by atoms with Crippen molar-refractivity contribution in [2.24, 2.45) is 7.05 Å². The summed E-state index contributed by atoms with van der Waals surface area (Å²) in [5.74, 6) is -0.285. The Balaban J connectivity index is 1.66. The number of imidazole rings is 1. The van der Waals surface area contributed by atoms with Crippen molar-refractivity contribution in [1.29, 1.82) is 0 Å². The SMILES string of the molecule is CC(=O)N[C@H](CC(=O)Nc1ccc(C(=O)c2nccn2C)cc1)c1ccccc1. The smallest absolute Gasteiger partial charge is 0.228 e. The second kappa shape index (κ2) is 8.97. The van der Waals surface area contributed by atoms with E-state index < -0.39 is 6.04 Å². The molecule has 0 aliphatic rings. The molecule has 2 amide bonds. The number of benzene rings is 2. The third-order valence-corrected chi connectivity index (χ3v) is 4.42. The minimum Gasteiger partial charge on any atom is -0.349 e. The first-order valence-corrected chi connectivity index (χ1v) is 9.18. The van der Waals surface area contributed by atoms with Crippen molar-refractivity contribution in [3.63, 3.8) is 0 Å². The van der Waals surface area contributed by atoms with Gasteiger partial charge < -0.3 is 15.2 Å². The molecule has 0 unspecified atom stereocenters. The number of aryl methyl sites for hydroxylation is 1. The van der Waals surface area contributed by atoms with Crippen LogP contribution in [-0.4, -0.2) is 27.1 Å². The number of nitrogens with zero attached hydrogens (tertiary/aromatic N) is 2. The average molecular weight is 390 g/mol. The number of nitrogens with one attached hydrogen (secondary N) is 2. The summed E-state index contributed by atoms with van der Waals surface area (Å²) in [4.78, 5) is 40.5. The van der Waals surface area contributed by atoms with Gasteiger partial charge in [0.2, 0.25) is 17.6 Å². The number of aromatic nitrogens is 2. The van der Waals surface area contributed by atoms with Crippen LogP contribution in [0, 0.1) is 0 Å². The first-order chi connectivity index (χ1) is 13.9. The Kier molecular flexibility index (Phi) is 6.19. The highest BCUT2D eigenvalue weighted by Crippen LogP contribution is 2.18. The molecule has 1 heterocycles. The van der Waals surface area contributed by atoms with Crippen LogP contribution in [0.5, 0.6) is 0 Å². The molecule has 0 aliphatic carbocycles. The van der Waals surface area contributed by atoms with E-state index in [0.717, 1.165) is 5.56 Å². The zero-order chi connectivity index (χ0) is 20.8. The summed E-state index contributed by atoms with van der Waals surface area (Å²) in [5, 5.41) is 5.61. The summed E-state index contributed by atoms with van der Waals surface area (Å²) >= 11 is 0. The largest absolute Gasteiger partial charge is 0.349 e. The number of ketones is 1. The van der Waals surface area contributed by atoms with Crippen LogP contribution < -0.4 is 10.6 Å². The van der Waals surface area contributed by atoms with Crippen LogP contribution in [0.3, 0.4) is 0 Å². The molecule has 0 saturated heterocycles. The third kappa shape index (κ3) is 5.16. The van der Waals surface area contributed by atoms with Gasteiger partial charge in [0.1, 0.15) is 0 Å². The number of amides is 2. The molecule has 0 fully saturated rings. The van der Waals surface area contributed by atoms with Crippen LogP contribution >= 0.6 is 0 Å². The van der Waals surface area contributed by atoms with Crippen LogP contribution in [0.4, 0.5) is 5.69 Å². The predicted octanol–water partition coefficient (Wildman–Crippen LogP) is 2.86. The van der Waals surface area contributed by atoms with Gasteiger partial charge in [-0.15, -0.1) is 0 Å². The van der Waals surface area contributed by atoms with E-state index in [1.54, 1.807) is 48.3 Å². The fourth-order valence-electron chi connectivity index (χ4n) is 3.00. The van der Waals surface area contributed by atoms with E-state index in [0.29, 0.717) is 17.1 Å². The van der Waals surface area contributed by atoms with Crippen LogP contribution in [0.1, 0.15) is 41.1 Å². The summed E-state index contributed by atoms with van der Waals surface area (Å²) < 4.78 is 1.66. The maximum Gasteiger partial charge on any atom is 0.228 e. The molecule has 0 aliphatic heterocycles. The molecule has 2 aromatic carbocycles. The number of hydrogen-bond donors (Lipinski definition) is 2. The molecule has 3 rings (SSSR count). The van der Waals surface area contributed by atoms with Gasteiger partial charge in [-0.2, -0.15) is 0 Å². The van der Waals surface area contributed by atoms with Gasteiger partial charge in [0, 0.05) is 37.6 Å². The van der Waals surface area contributed by atoms with Crippen molar-refractivity contribution in [2.75, 3.05) is 5.32 Å². The molecule has 7 nitrogen and oxygen atoms in total. The zero-order valence-corrected chi connectivity index (χ0v) is 16.3. The molecule has 29 heavy (non-hydrogen) atoms. The summed E-state index contributed by atoms with van der Waals surface area (Å²) in [6.45, 7) is 1.42. The van der Waals surface area contributed by atoms with Crippen molar-refractivity contribution >= 4 is 23.3 Å². The Hall–Kier alpha value is -3.74. The van der Waals surface area contributed by atoms with Crippen molar-refractivity contribution in [2.45, 2.75) is 19.4 Å². The van der Waals surface area contributed by atoms with Gasteiger partial charge in [0.05, 0.1) is 12.5 Å². The minimum absolute atomic E-state index is 0.0948. The van der Waals surface area contributed by atoms with E-state index in [9.17, 15) is 14.4 Å². The van der Waals surface area contributed by atoms with E-state index in [1.807, 2.05) is 30.3 Å². The molecule has 0 radical (unpaired) electrons. The quantitative estimate of drug-likeness (QED) is 0.607. The molecular formula is C22H22N4O3. The summed E-state index contributed by atoms with van der Waals surface area (Å²) in [7, 11) is 1.76. The lowest BCUT2D eigenvalue weighted by Gasteiger charge is -2.18. The Morgan fingerprint density at radius 1 is 1.03 bits per heavy atom. The minimum atomic E-state index is -0.419. The van der Waals surface area contributed by atoms with Gasteiger partial charge in [-0.25, -0.2) is 4.98 Å². The second-order valence-corrected chi connectivity index (χ2v) is 6.68. The van der Waals surface area contributed by atoms with E-state index in [1.165, 1.54) is 6.92 Å². The zero-order valence-electron chi connectivity index (χ0n) is 16.3. The Labute approximate surface area is 168 Å². The number of anilines is 1. The van der Waals surface area contributed by atoms with E-state index >= 15 is 0 Å². The summed E-state index contributed by atoms with van der Waals surface area (Å²) in [6.07, 6.45) is 3.37. The Morgan fingerprint density at radius 2 is 1.72 bits per heavy atom. The van der Waals surface area contributed by atoms with Gasteiger partial charge in [0.15, 0.2) is 5.82 Å². The number of rotatable bonds is 7. The fourth-order valence-corrected chi connectivity index (χ4v) is 3.00. The normalized spacial score (nSPS) is 11.5. The molecule has 0 spiro atoms. The predicted molar refractivity (Wildman–Crippen MR) is 109 cm³/mol. The van der Waals surface area contributed by atoms with Gasteiger partial charge in [-0.3, -0.25) is 14.4 Å². The maximum atomic E-state index is 12.5. The van der Waals surface area contributed by atoms with Gasteiger partial charge >= 0.3 is 0 Å². The molecule has 1 atom stereocenters. The van der Waals surface area contributed by atoms with E-state index in [4.69, 9.17) is 0 Å². The van der Waals surface area contributed by atoms with Crippen molar-refractivity contribution < 1.29 is 14.4 Å². The lowest BCUT2D eigenvalue weighted by Crippen LogP contribution is -2.29. The maximum absolute atomic E-state index is 12.5. The van der Waals surface area contributed by atoms with Gasteiger partial charge in [0.25, 0.3) is 0 Å². The third-order valence-electron chi connectivity index (χ3n) is 4.42. The first kappa shape index (κ1) is 20.0. The highest BCUT2D eigenvalue weighted by Gasteiger charge is 2.18. The monoisotopic (exact) mass is 390 g/mol. The number of carbonyl (C=O) groups is 3. The Bertz CT molecular complexity index is 1010. The highest BCUT2D eigenvalue weighted by molar-refractivity contribution is 6.07. The number of hydrogen-bond acceptors (Lipinski definition) is 4. The highest BCUT2D eigenvalue weighted by atomic mass is 16.2. The molecule has 148 valence electrons. The standard InChI is InChI=1S/C22H22N4O3/c1-15(27)24-19(16-6-4-3-5-7-16)14-20(28)25-18-10-8-17(9-11-18)21(29)22-23-12-13-26(22)2/h3-13,19H,14H2,1-2H3,(H,24,27)(H,25,28)/t19-/m1/s1. The fraction of sp³-hybridized carbons (Fsp3) is 0.182. The van der Waals surface area contributed by atoms with E-state index in [2.05, 4.69) is 15.6 Å². The first-order valence-electron chi connectivity index (χ1n) is 9.18. The molecule has 1 aromatic heterocycles. The van der Waals surface area contributed by atoms with Crippen LogP contribution in [-0.2, 0) is 16.6 Å². The summed E-state index contributed by atoms with van der Waals surface area (Å²) in [5.41, 5.74) is 1.91. The molecular weight excluding hydrogens is 368 g/mol. The molecule has 2 N–H and O–H groups in total. The lowest BCUT2D eigenvalue weighted by molar-refractivity contribution is -0.120. The van der Waals surface area contributed by atoms with Crippen molar-refractivity contribution in [3.05, 3.63) is 83.9 Å². The summed E-state index contributed by atoms with van der Waals surface area (Å²) in [6, 6.07) is 15.6. The van der Waals surface area contributed by atoms with Gasteiger partial charge in [-0.05, 0) is 29.8 Å². The van der Waals surface area contributed by atoms with Crippen LogP contribution in [0.25, 0.3) is 0 Å². The van der Waals surface area contributed by atoms with Crippen molar-refractivity contribution in [1.82, 2.24) is 14.9 Å². The molecule has 0 saturated carbocycles. The molecule has 7 heteroatoms.